The van der Waals surface area contributed by atoms with Crippen molar-refractivity contribution in [3.05, 3.63) is 53.6 Å². The van der Waals surface area contributed by atoms with Crippen molar-refractivity contribution in [2.45, 2.75) is 38.7 Å². The van der Waals surface area contributed by atoms with Gasteiger partial charge in [-0.25, -0.2) is 13.6 Å². The highest BCUT2D eigenvalue weighted by Crippen LogP contribution is 2.37. The highest BCUT2D eigenvalue weighted by Gasteiger charge is 2.24. The first kappa shape index (κ1) is 20.9. The molecule has 0 unspecified atom stereocenters. The molecule has 29 heavy (non-hydrogen) atoms. The van der Waals surface area contributed by atoms with E-state index in [2.05, 4.69) is 5.32 Å². The van der Waals surface area contributed by atoms with Gasteiger partial charge in [0, 0.05) is 43.0 Å². The molecule has 0 aromatic heterocycles. The number of alkyl carbamates (subject to hydrolysis) is 1. The van der Waals surface area contributed by atoms with Crippen LogP contribution in [-0.4, -0.2) is 31.9 Å². The number of carbonyl (C=O) groups is 1. The molecule has 0 fully saturated rings. The summed E-state index contributed by atoms with van der Waals surface area (Å²) in [6, 6.07) is 9.04. The summed E-state index contributed by atoms with van der Waals surface area (Å²) in [5.41, 5.74) is 1.58. The highest BCUT2D eigenvalue weighted by atomic mass is 19.1. The number of rotatable bonds is 4. The van der Waals surface area contributed by atoms with Gasteiger partial charge in [0.05, 0.1) is 6.61 Å². The lowest BCUT2D eigenvalue weighted by atomic mass is 9.92. The van der Waals surface area contributed by atoms with Gasteiger partial charge in [-0.3, -0.25) is 0 Å². The average molecular weight is 404 g/mol. The fraction of sp³-hybridized carbons (Fsp3) is 0.409. The summed E-state index contributed by atoms with van der Waals surface area (Å²) in [4.78, 5) is 13.6. The van der Waals surface area contributed by atoms with E-state index in [-0.39, 0.29) is 5.92 Å². The van der Waals surface area contributed by atoms with Crippen LogP contribution in [0.2, 0.25) is 0 Å². The zero-order valence-electron chi connectivity index (χ0n) is 17.1. The molecule has 0 spiro atoms. The average Bonchev–Trinajstić information content (AvgIpc) is 2.63. The number of hydrogen-bond donors (Lipinski definition) is 1. The Morgan fingerprint density at radius 2 is 1.86 bits per heavy atom. The summed E-state index contributed by atoms with van der Waals surface area (Å²) in [6.07, 6.45) is 0.322. The topological polar surface area (TPSA) is 50.8 Å². The number of fused-ring (bicyclic) bond motifs is 1. The molecule has 2 aromatic carbocycles. The van der Waals surface area contributed by atoms with Gasteiger partial charge >= 0.3 is 6.09 Å². The molecule has 1 amide bonds. The van der Waals surface area contributed by atoms with Crippen LogP contribution in [0.1, 0.15) is 38.7 Å². The van der Waals surface area contributed by atoms with Gasteiger partial charge in [0.2, 0.25) is 0 Å². The number of carbonyl (C=O) groups excluding carboxylic acids is 1. The SMILES string of the molecule is CN(c1cc(F)cc(F)c1)c1ccc2c(c1)OCC[C@H]2CNC(=O)OC(C)(C)C. The Balaban J connectivity index is 1.74. The summed E-state index contributed by atoms with van der Waals surface area (Å²) in [5.74, 6) is -0.464. The molecule has 1 atom stereocenters. The van der Waals surface area contributed by atoms with Crippen LogP contribution in [0.25, 0.3) is 0 Å². The first-order valence-corrected chi connectivity index (χ1v) is 9.56. The Morgan fingerprint density at radius 1 is 1.17 bits per heavy atom. The smallest absolute Gasteiger partial charge is 0.407 e. The first-order chi connectivity index (χ1) is 13.6. The van der Waals surface area contributed by atoms with Gasteiger partial charge in [-0.15, -0.1) is 0 Å². The monoisotopic (exact) mass is 404 g/mol. The number of halogens is 2. The maximum absolute atomic E-state index is 13.5. The molecule has 0 bridgehead atoms. The summed E-state index contributed by atoms with van der Waals surface area (Å²) < 4.78 is 38.2. The standard InChI is InChI=1S/C22H26F2N2O3/c1-22(2,3)29-21(27)25-13-14-7-8-28-20-12-17(5-6-19(14)20)26(4)18-10-15(23)9-16(24)11-18/h5-6,9-12,14H,7-8,13H2,1-4H3,(H,25,27)/t14-/m0/s1. The molecule has 156 valence electrons. The van der Waals surface area contributed by atoms with Crippen molar-refractivity contribution < 1.29 is 23.0 Å². The Bertz CT molecular complexity index is 876. The van der Waals surface area contributed by atoms with Crippen molar-refractivity contribution in [1.29, 1.82) is 0 Å². The highest BCUT2D eigenvalue weighted by molar-refractivity contribution is 5.68. The van der Waals surface area contributed by atoms with E-state index >= 15 is 0 Å². The molecular formula is C22H26F2N2O3. The van der Waals surface area contributed by atoms with Gasteiger partial charge in [-0.05, 0) is 51.0 Å². The summed E-state index contributed by atoms with van der Waals surface area (Å²) in [7, 11) is 1.74. The van der Waals surface area contributed by atoms with E-state index in [9.17, 15) is 13.6 Å². The Labute approximate surface area is 169 Å². The maximum atomic E-state index is 13.5. The quantitative estimate of drug-likeness (QED) is 0.768. The van der Waals surface area contributed by atoms with E-state index in [0.29, 0.717) is 24.6 Å². The van der Waals surface area contributed by atoms with Crippen LogP contribution < -0.4 is 15.0 Å². The number of anilines is 2. The van der Waals surface area contributed by atoms with Crippen LogP contribution in [0.4, 0.5) is 25.0 Å². The van der Waals surface area contributed by atoms with Gasteiger partial charge in [-0.1, -0.05) is 6.07 Å². The van der Waals surface area contributed by atoms with Crippen molar-refractivity contribution in [1.82, 2.24) is 5.32 Å². The second-order valence-electron chi connectivity index (χ2n) is 8.13. The summed E-state index contributed by atoms with van der Waals surface area (Å²) in [5, 5.41) is 2.82. The van der Waals surface area contributed by atoms with Crippen LogP contribution in [0.3, 0.4) is 0 Å². The van der Waals surface area contributed by atoms with E-state index in [1.807, 2.05) is 39.0 Å². The van der Waals surface area contributed by atoms with Crippen molar-refractivity contribution in [3.8, 4) is 5.75 Å². The lowest BCUT2D eigenvalue weighted by molar-refractivity contribution is 0.0521. The minimum absolute atomic E-state index is 0.0947. The molecule has 7 heteroatoms. The predicted molar refractivity (Wildman–Crippen MR) is 108 cm³/mol. The number of amides is 1. The summed E-state index contributed by atoms with van der Waals surface area (Å²) in [6.45, 7) is 6.42. The second-order valence-corrected chi connectivity index (χ2v) is 8.13. The number of nitrogens with zero attached hydrogens (tertiary/aromatic N) is 1. The molecule has 1 heterocycles. The maximum Gasteiger partial charge on any atom is 0.407 e. The Morgan fingerprint density at radius 3 is 2.52 bits per heavy atom. The lowest BCUT2D eigenvalue weighted by Crippen LogP contribution is -2.35. The second kappa shape index (κ2) is 8.27. The largest absolute Gasteiger partial charge is 0.493 e. The number of benzene rings is 2. The molecule has 0 aliphatic carbocycles. The van der Waals surface area contributed by atoms with E-state index < -0.39 is 23.3 Å². The van der Waals surface area contributed by atoms with Gasteiger partial charge in [0.15, 0.2) is 0 Å². The zero-order chi connectivity index (χ0) is 21.2. The fourth-order valence-electron chi connectivity index (χ4n) is 3.28. The van der Waals surface area contributed by atoms with Gasteiger partial charge in [-0.2, -0.15) is 0 Å². The predicted octanol–water partition coefficient (Wildman–Crippen LogP) is 5.12. The van der Waals surface area contributed by atoms with Crippen LogP contribution in [0.15, 0.2) is 36.4 Å². The van der Waals surface area contributed by atoms with Crippen molar-refractivity contribution in [2.24, 2.45) is 0 Å². The molecule has 1 N–H and O–H groups in total. The molecule has 1 aliphatic rings. The molecule has 3 rings (SSSR count). The normalized spacial score (nSPS) is 15.9. The van der Waals surface area contributed by atoms with E-state index in [1.165, 1.54) is 12.1 Å². The van der Waals surface area contributed by atoms with Crippen LogP contribution in [-0.2, 0) is 4.74 Å². The molecule has 0 radical (unpaired) electrons. The lowest BCUT2D eigenvalue weighted by Gasteiger charge is -2.28. The number of hydrogen-bond acceptors (Lipinski definition) is 4. The minimum Gasteiger partial charge on any atom is -0.493 e. The fourth-order valence-corrected chi connectivity index (χ4v) is 3.28. The number of ether oxygens (including phenoxy) is 2. The molecule has 5 nitrogen and oxygen atoms in total. The minimum atomic E-state index is -0.630. The van der Waals surface area contributed by atoms with Crippen LogP contribution in [0, 0.1) is 11.6 Å². The third-order valence-corrected chi connectivity index (χ3v) is 4.67. The third kappa shape index (κ3) is 5.37. The zero-order valence-corrected chi connectivity index (χ0v) is 17.1. The van der Waals surface area contributed by atoms with Gasteiger partial charge < -0.3 is 19.7 Å². The molecular weight excluding hydrogens is 378 g/mol. The Kier molecular flexibility index (Phi) is 5.96. The van der Waals surface area contributed by atoms with Crippen LogP contribution >= 0.6 is 0 Å². The third-order valence-electron chi connectivity index (χ3n) is 4.67. The van der Waals surface area contributed by atoms with Crippen molar-refractivity contribution in [3.63, 3.8) is 0 Å². The van der Waals surface area contributed by atoms with Crippen LogP contribution in [0.5, 0.6) is 5.75 Å². The van der Waals surface area contributed by atoms with E-state index in [0.717, 1.165) is 23.7 Å². The molecule has 1 aliphatic heterocycles. The van der Waals surface area contributed by atoms with Crippen molar-refractivity contribution in [2.75, 3.05) is 25.1 Å². The first-order valence-electron chi connectivity index (χ1n) is 9.56. The van der Waals surface area contributed by atoms with Crippen molar-refractivity contribution >= 4 is 17.5 Å². The van der Waals surface area contributed by atoms with Gasteiger partial charge in [0.25, 0.3) is 0 Å². The van der Waals surface area contributed by atoms with E-state index in [4.69, 9.17) is 9.47 Å². The number of nitrogens with one attached hydrogen (secondary N) is 1. The molecule has 0 saturated carbocycles. The van der Waals surface area contributed by atoms with Gasteiger partial charge in [0.1, 0.15) is 23.0 Å². The Hall–Kier alpha value is -2.83. The molecule has 2 aromatic rings. The van der Waals surface area contributed by atoms with E-state index in [1.54, 1.807) is 11.9 Å². The summed E-state index contributed by atoms with van der Waals surface area (Å²) >= 11 is 0. The molecule has 0 saturated heterocycles.